The van der Waals surface area contributed by atoms with Gasteiger partial charge in [-0.25, -0.2) is 4.98 Å². The molecule has 3 rings (SSSR count). The highest BCUT2D eigenvalue weighted by Gasteiger charge is 2.29. The maximum absolute atomic E-state index is 11.8. The number of carbonyl (C=O) groups is 1. The molecule has 0 bridgehead atoms. The fraction of sp³-hybridized carbons (Fsp3) is 0.333. The summed E-state index contributed by atoms with van der Waals surface area (Å²) < 4.78 is 0. The van der Waals surface area contributed by atoms with Crippen molar-refractivity contribution in [2.75, 3.05) is 5.32 Å². The number of hydrogen-bond donors (Lipinski definition) is 2. The summed E-state index contributed by atoms with van der Waals surface area (Å²) in [5.74, 6) is 0.870. The summed E-state index contributed by atoms with van der Waals surface area (Å²) in [6, 6.07) is 10.2. The Kier molecular flexibility index (Phi) is 3.94. The minimum atomic E-state index is 0.0277. The molecule has 2 aromatic rings. The lowest BCUT2D eigenvalue weighted by Crippen LogP contribution is -2.14. The van der Waals surface area contributed by atoms with E-state index in [1.165, 1.54) is 5.56 Å². The van der Waals surface area contributed by atoms with E-state index < -0.39 is 0 Å². The van der Waals surface area contributed by atoms with Crippen molar-refractivity contribution >= 4 is 11.7 Å². The van der Waals surface area contributed by atoms with Gasteiger partial charge in [0.05, 0.1) is 0 Å². The van der Waals surface area contributed by atoms with E-state index in [1.807, 2.05) is 19.1 Å². The van der Waals surface area contributed by atoms with Gasteiger partial charge in [-0.1, -0.05) is 18.2 Å². The van der Waals surface area contributed by atoms with Crippen LogP contribution < -0.4 is 11.1 Å². The topological polar surface area (TPSA) is 68.0 Å². The summed E-state index contributed by atoms with van der Waals surface area (Å²) >= 11 is 0. The van der Waals surface area contributed by atoms with Gasteiger partial charge in [0.1, 0.15) is 5.82 Å². The van der Waals surface area contributed by atoms with E-state index >= 15 is 0 Å². The number of nitrogens with zero attached hydrogens (tertiary/aromatic N) is 1. The molecule has 22 heavy (non-hydrogen) atoms. The van der Waals surface area contributed by atoms with Gasteiger partial charge >= 0.3 is 0 Å². The highest BCUT2D eigenvalue weighted by molar-refractivity contribution is 5.93. The Morgan fingerprint density at radius 2 is 2.00 bits per heavy atom. The Hall–Kier alpha value is -2.20. The summed E-state index contributed by atoms with van der Waals surface area (Å²) in [6.45, 7) is 4.05. The average Bonchev–Trinajstić information content (AvgIpc) is 3.31. The molecule has 1 aromatic carbocycles. The molecular formula is C18H21N3O. The number of benzene rings is 1. The van der Waals surface area contributed by atoms with Gasteiger partial charge in [0.2, 0.25) is 5.91 Å². The standard InChI is InChI=1S/C18H21N3O/c1-11-9-14(5-6-16(11)12(2)19)15-7-8-20-17(10-15)21-18(22)13-3-4-13/h5-10,12-13H,3-4,19H2,1-2H3,(H,20,21,22). The second-order valence-electron chi connectivity index (χ2n) is 6.05. The molecule has 0 spiro atoms. The molecule has 1 aromatic heterocycles. The molecule has 4 heteroatoms. The van der Waals surface area contributed by atoms with Crippen molar-refractivity contribution < 1.29 is 4.79 Å². The van der Waals surface area contributed by atoms with Crippen LogP contribution in [0.25, 0.3) is 11.1 Å². The Morgan fingerprint density at radius 3 is 2.64 bits per heavy atom. The van der Waals surface area contributed by atoms with Crippen LogP contribution in [0.4, 0.5) is 5.82 Å². The Bertz CT molecular complexity index is 705. The molecule has 4 nitrogen and oxygen atoms in total. The lowest BCUT2D eigenvalue weighted by atomic mass is 9.97. The molecular weight excluding hydrogens is 274 g/mol. The van der Waals surface area contributed by atoms with Crippen molar-refractivity contribution in [1.82, 2.24) is 4.98 Å². The van der Waals surface area contributed by atoms with Crippen LogP contribution in [0.15, 0.2) is 36.5 Å². The number of hydrogen-bond acceptors (Lipinski definition) is 3. The minimum Gasteiger partial charge on any atom is -0.324 e. The number of aryl methyl sites for hydroxylation is 1. The first kappa shape index (κ1) is 14.7. The third-order valence-electron chi connectivity index (χ3n) is 4.05. The molecule has 0 aliphatic heterocycles. The van der Waals surface area contributed by atoms with Gasteiger partial charge < -0.3 is 11.1 Å². The van der Waals surface area contributed by atoms with Crippen molar-refractivity contribution in [3.63, 3.8) is 0 Å². The van der Waals surface area contributed by atoms with Gasteiger partial charge in [0, 0.05) is 18.2 Å². The summed E-state index contributed by atoms with van der Waals surface area (Å²) in [7, 11) is 0. The first-order valence-electron chi connectivity index (χ1n) is 7.68. The molecule has 114 valence electrons. The summed E-state index contributed by atoms with van der Waals surface area (Å²) in [6.07, 6.45) is 3.71. The first-order chi connectivity index (χ1) is 10.5. The van der Waals surface area contributed by atoms with Gasteiger partial charge in [0.15, 0.2) is 0 Å². The summed E-state index contributed by atoms with van der Waals surface area (Å²) in [5.41, 5.74) is 10.4. The van der Waals surface area contributed by atoms with Gasteiger partial charge in [0.25, 0.3) is 0 Å². The fourth-order valence-electron chi connectivity index (χ4n) is 2.62. The van der Waals surface area contributed by atoms with Gasteiger partial charge in [-0.05, 0) is 61.1 Å². The van der Waals surface area contributed by atoms with E-state index in [-0.39, 0.29) is 17.9 Å². The lowest BCUT2D eigenvalue weighted by molar-refractivity contribution is -0.117. The number of rotatable bonds is 4. The fourth-order valence-corrected chi connectivity index (χ4v) is 2.62. The van der Waals surface area contributed by atoms with Crippen molar-refractivity contribution in [2.45, 2.75) is 32.7 Å². The molecule has 1 saturated carbocycles. The smallest absolute Gasteiger partial charge is 0.228 e. The average molecular weight is 295 g/mol. The lowest BCUT2D eigenvalue weighted by Gasteiger charge is -2.12. The third-order valence-corrected chi connectivity index (χ3v) is 4.05. The molecule has 1 unspecified atom stereocenters. The number of anilines is 1. The maximum Gasteiger partial charge on any atom is 0.228 e. The number of nitrogens with one attached hydrogen (secondary N) is 1. The van der Waals surface area contributed by atoms with Crippen molar-refractivity contribution in [3.05, 3.63) is 47.7 Å². The van der Waals surface area contributed by atoms with Crippen LogP contribution in [-0.4, -0.2) is 10.9 Å². The number of carbonyl (C=O) groups excluding carboxylic acids is 1. The summed E-state index contributed by atoms with van der Waals surface area (Å²) in [4.78, 5) is 16.1. The Labute approximate surface area is 130 Å². The minimum absolute atomic E-state index is 0.0277. The Morgan fingerprint density at radius 1 is 1.27 bits per heavy atom. The largest absolute Gasteiger partial charge is 0.324 e. The predicted molar refractivity (Wildman–Crippen MR) is 88.4 cm³/mol. The van der Waals surface area contributed by atoms with E-state index in [1.54, 1.807) is 6.20 Å². The van der Waals surface area contributed by atoms with Crippen LogP contribution in [0.5, 0.6) is 0 Å². The number of nitrogens with two attached hydrogens (primary N) is 1. The van der Waals surface area contributed by atoms with Crippen LogP contribution in [-0.2, 0) is 4.79 Å². The van der Waals surface area contributed by atoms with Crippen molar-refractivity contribution in [3.8, 4) is 11.1 Å². The first-order valence-corrected chi connectivity index (χ1v) is 7.68. The monoisotopic (exact) mass is 295 g/mol. The van der Waals surface area contributed by atoms with E-state index in [4.69, 9.17) is 5.73 Å². The molecule has 1 atom stereocenters. The van der Waals surface area contributed by atoms with E-state index in [9.17, 15) is 4.79 Å². The SMILES string of the molecule is Cc1cc(-c2ccnc(NC(=O)C3CC3)c2)ccc1C(C)N. The molecule has 1 aliphatic carbocycles. The number of pyridine rings is 1. The molecule has 1 aliphatic rings. The van der Waals surface area contributed by atoms with Crippen molar-refractivity contribution in [2.24, 2.45) is 11.7 Å². The number of amides is 1. The zero-order valence-corrected chi connectivity index (χ0v) is 13.0. The third kappa shape index (κ3) is 3.17. The second-order valence-corrected chi connectivity index (χ2v) is 6.05. The van der Waals surface area contributed by atoms with Crippen LogP contribution in [0.2, 0.25) is 0 Å². The number of aromatic nitrogens is 1. The quantitative estimate of drug-likeness (QED) is 0.908. The maximum atomic E-state index is 11.8. The molecule has 0 radical (unpaired) electrons. The molecule has 1 heterocycles. The van der Waals surface area contributed by atoms with E-state index in [0.29, 0.717) is 5.82 Å². The van der Waals surface area contributed by atoms with Gasteiger partial charge in [-0.3, -0.25) is 4.79 Å². The zero-order chi connectivity index (χ0) is 15.7. The molecule has 3 N–H and O–H groups in total. The highest BCUT2D eigenvalue weighted by atomic mass is 16.2. The second kappa shape index (κ2) is 5.89. The zero-order valence-electron chi connectivity index (χ0n) is 13.0. The normalized spacial score (nSPS) is 15.4. The van der Waals surface area contributed by atoms with Crippen molar-refractivity contribution in [1.29, 1.82) is 0 Å². The van der Waals surface area contributed by atoms with E-state index in [0.717, 1.165) is 29.5 Å². The van der Waals surface area contributed by atoms with Crippen LogP contribution >= 0.6 is 0 Å². The Balaban J connectivity index is 1.85. The highest BCUT2D eigenvalue weighted by Crippen LogP contribution is 2.30. The van der Waals surface area contributed by atoms with Crippen LogP contribution in [0.1, 0.15) is 36.9 Å². The van der Waals surface area contributed by atoms with E-state index in [2.05, 4.69) is 35.4 Å². The van der Waals surface area contributed by atoms with Crippen LogP contribution in [0, 0.1) is 12.8 Å². The molecule has 1 amide bonds. The van der Waals surface area contributed by atoms with Crippen LogP contribution in [0.3, 0.4) is 0 Å². The van der Waals surface area contributed by atoms with Gasteiger partial charge in [-0.15, -0.1) is 0 Å². The molecule has 0 saturated heterocycles. The molecule has 1 fully saturated rings. The summed E-state index contributed by atoms with van der Waals surface area (Å²) in [5, 5.41) is 2.89. The predicted octanol–water partition coefficient (Wildman–Crippen LogP) is 3.43. The van der Waals surface area contributed by atoms with Gasteiger partial charge in [-0.2, -0.15) is 0 Å².